The van der Waals surface area contributed by atoms with Crippen LogP contribution >= 0.6 is 0 Å². The lowest BCUT2D eigenvalue weighted by molar-refractivity contribution is 0.552. The fourth-order valence-electron chi connectivity index (χ4n) is 1.56. The maximum atomic E-state index is 4.28. The van der Waals surface area contributed by atoms with Crippen molar-refractivity contribution in [2.75, 3.05) is 0 Å². The summed E-state index contributed by atoms with van der Waals surface area (Å²) in [6, 6.07) is 0. The fraction of sp³-hybridized carbons (Fsp3) is 0.727. The number of imidazole rings is 1. The van der Waals surface area contributed by atoms with E-state index in [0.29, 0.717) is 0 Å². The molecule has 0 saturated carbocycles. The van der Waals surface area contributed by atoms with Crippen molar-refractivity contribution < 1.29 is 0 Å². The second-order valence-electron chi connectivity index (χ2n) is 3.97. The SMILES string of the molecule is CCc1nc[nH]c1CCCC(C)C. The van der Waals surface area contributed by atoms with Crippen molar-refractivity contribution in [2.45, 2.75) is 46.5 Å². The van der Waals surface area contributed by atoms with Gasteiger partial charge in [0.1, 0.15) is 0 Å². The van der Waals surface area contributed by atoms with Gasteiger partial charge in [-0.3, -0.25) is 0 Å². The summed E-state index contributed by atoms with van der Waals surface area (Å²) in [7, 11) is 0. The van der Waals surface area contributed by atoms with Gasteiger partial charge in [0, 0.05) is 5.69 Å². The van der Waals surface area contributed by atoms with Crippen LogP contribution in [-0.2, 0) is 12.8 Å². The first-order valence-corrected chi connectivity index (χ1v) is 5.25. The molecule has 1 aromatic heterocycles. The summed E-state index contributed by atoms with van der Waals surface area (Å²) in [5.41, 5.74) is 2.58. The van der Waals surface area contributed by atoms with Crippen LogP contribution in [0.4, 0.5) is 0 Å². The fourth-order valence-corrected chi connectivity index (χ4v) is 1.56. The molecule has 0 aliphatic rings. The van der Waals surface area contributed by atoms with Crippen LogP contribution in [-0.4, -0.2) is 9.97 Å². The van der Waals surface area contributed by atoms with E-state index in [1.54, 1.807) is 0 Å². The summed E-state index contributed by atoms with van der Waals surface area (Å²) >= 11 is 0. The average Bonchev–Trinajstić information content (AvgIpc) is 2.51. The summed E-state index contributed by atoms with van der Waals surface area (Å²) in [6.45, 7) is 6.70. The van der Waals surface area contributed by atoms with Gasteiger partial charge in [-0.05, 0) is 25.2 Å². The van der Waals surface area contributed by atoms with E-state index >= 15 is 0 Å². The first-order chi connectivity index (χ1) is 6.24. The molecule has 1 N–H and O–H groups in total. The van der Waals surface area contributed by atoms with Crippen LogP contribution in [0.1, 0.15) is 45.0 Å². The van der Waals surface area contributed by atoms with Crippen LogP contribution in [0.25, 0.3) is 0 Å². The Morgan fingerprint density at radius 3 is 2.85 bits per heavy atom. The Balaban J connectivity index is 2.36. The second-order valence-corrected chi connectivity index (χ2v) is 3.97. The van der Waals surface area contributed by atoms with Crippen molar-refractivity contribution in [3.05, 3.63) is 17.7 Å². The van der Waals surface area contributed by atoms with Gasteiger partial charge >= 0.3 is 0 Å². The van der Waals surface area contributed by atoms with E-state index in [-0.39, 0.29) is 0 Å². The third-order valence-electron chi connectivity index (χ3n) is 2.35. The van der Waals surface area contributed by atoms with Crippen molar-refractivity contribution >= 4 is 0 Å². The molecule has 2 nitrogen and oxygen atoms in total. The zero-order valence-electron chi connectivity index (χ0n) is 8.93. The molecule has 74 valence electrons. The number of aromatic amines is 1. The van der Waals surface area contributed by atoms with Gasteiger partial charge in [-0.2, -0.15) is 0 Å². The van der Waals surface area contributed by atoms with Crippen LogP contribution in [0.3, 0.4) is 0 Å². The minimum absolute atomic E-state index is 0.813. The molecule has 1 rings (SSSR count). The molecule has 0 unspecified atom stereocenters. The highest BCUT2D eigenvalue weighted by molar-refractivity contribution is 5.10. The monoisotopic (exact) mass is 180 g/mol. The molecule has 0 spiro atoms. The zero-order valence-corrected chi connectivity index (χ0v) is 8.93. The van der Waals surface area contributed by atoms with E-state index < -0.39 is 0 Å². The summed E-state index contributed by atoms with van der Waals surface area (Å²) in [5, 5.41) is 0. The number of hydrogen-bond acceptors (Lipinski definition) is 1. The molecular formula is C11H20N2. The van der Waals surface area contributed by atoms with Crippen LogP contribution in [0.15, 0.2) is 6.33 Å². The molecule has 0 aromatic carbocycles. The molecule has 13 heavy (non-hydrogen) atoms. The first-order valence-electron chi connectivity index (χ1n) is 5.25. The molecular weight excluding hydrogens is 160 g/mol. The number of nitrogens with zero attached hydrogens (tertiary/aromatic N) is 1. The molecule has 2 heteroatoms. The first kappa shape index (κ1) is 10.3. The standard InChI is InChI=1S/C11H20N2/c1-4-10-11(13-8-12-10)7-5-6-9(2)3/h8-9H,4-7H2,1-3H3,(H,12,13). The Bertz CT molecular complexity index is 238. The van der Waals surface area contributed by atoms with Crippen LogP contribution < -0.4 is 0 Å². The average molecular weight is 180 g/mol. The number of aromatic nitrogens is 2. The Morgan fingerprint density at radius 1 is 1.46 bits per heavy atom. The molecule has 0 saturated heterocycles. The van der Waals surface area contributed by atoms with Crippen molar-refractivity contribution in [2.24, 2.45) is 5.92 Å². The van der Waals surface area contributed by atoms with Crippen molar-refractivity contribution in [3.8, 4) is 0 Å². The lowest BCUT2D eigenvalue weighted by Gasteiger charge is -2.03. The second kappa shape index (κ2) is 5.05. The van der Waals surface area contributed by atoms with E-state index in [4.69, 9.17) is 0 Å². The van der Waals surface area contributed by atoms with E-state index in [9.17, 15) is 0 Å². The Labute approximate surface area is 80.8 Å². The largest absolute Gasteiger partial charge is 0.348 e. The predicted octanol–water partition coefficient (Wildman–Crippen LogP) is 2.95. The summed E-state index contributed by atoms with van der Waals surface area (Å²) < 4.78 is 0. The number of H-pyrrole nitrogens is 1. The molecule has 0 bridgehead atoms. The highest BCUT2D eigenvalue weighted by atomic mass is 14.9. The molecule has 1 heterocycles. The molecule has 1 aromatic rings. The number of rotatable bonds is 5. The van der Waals surface area contributed by atoms with E-state index in [0.717, 1.165) is 18.8 Å². The molecule has 0 atom stereocenters. The van der Waals surface area contributed by atoms with Gasteiger partial charge in [-0.25, -0.2) is 4.98 Å². The zero-order chi connectivity index (χ0) is 9.68. The van der Waals surface area contributed by atoms with Crippen molar-refractivity contribution in [3.63, 3.8) is 0 Å². The third-order valence-corrected chi connectivity index (χ3v) is 2.35. The van der Waals surface area contributed by atoms with Crippen molar-refractivity contribution in [1.82, 2.24) is 9.97 Å². The Hall–Kier alpha value is -0.790. The Kier molecular flexibility index (Phi) is 4.00. The van der Waals surface area contributed by atoms with E-state index in [1.807, 2.05) is 6.33 Å². The minimum atomic E-state index is 0.813. The van der Waals surface area contributed by atoms with Gasteiger partial charge in [0.2, 0.25) is 0 Å². The van der Waals surface area contributed by atoms with Gasteiger partial charge in [0.25, 0.3) is 0 Å². The number of hydrogen-bond donors (Lipinski definition) is 1. The molecule has 0 amide bonds. The topological polar surface area (TPSA) is 28.7 Å². The summed E-state index contributed by atoms with van der Waals surface area (Å²) in [6.07, 6.45) is 6.58. The molecule has 0 aliphatic carbocycles. The van der Waals surface area contributed by atoms with Gasteiger partial charge in [-0.1, -0.05) is 27.2 Å². The third kappa shape index (κ3) is 3.21. The van der Waals surface area contributed by atoms with E-state index in [2.05, 4.69) is 30.7 Å². The van der Waals surface area contributed by atoms with Crippen LogP contribution in [0.2, 0.25) is 0 Å². The normalized spacial score (nSPS) is 11.1. The number of aryl methyl sites for hydroxylation is 2. The maximum absolute atomic E-state index is 4.28. The van der Waals surface area contributed by atoms with Gasteiger partial charge < -0.3 is 4.98 Å². The highest BCUT2D eigenvalue weighted by Gasteiger charge is 2.03. The smallest absolute Gasteiger partial charge is 0.0925 e. The Morgan fingerprint density at radius 2 is 2.23 bits per heavy atom. The van der Waals surface area contributed by atoms with E-state index in [1.165, 1.54) is 24.2 Å². The number of nitrogens with one attached hydrogen (secondary N) is 1. The minimum Gasteiger partial charge on any atom is -0.348 e. The maximum Gasteiger partial charge on any atom is 0.0925 e. The summed E-state index contributed by atoms with van der Waals surface area (Å²) in [5.74, 6) is 0.813. The molecule has 0 aliphatic heterocycles. The molecule has 0 fully saturated rings. The summed E-state index contributed by atoms with van der Waals surface area (Å²) in [4.78, 5) is 7.50. The predicted molar refractivity (Wildman–Crippen MR) is 55.7 cm³/mol. The van der Waals surface area contributed by atoms with Gasteiger partial charge in [-0.15, -0.1) is 0 Å². The van der Waals surface area contributed by atoms with Gasteiger partial charge in [0.05, 0.1) is 12.0 Å². The van der Waals surface area contributed by atoms with Crippen LogP contribution in [0.5, 0.6) is 0 Å². The highest BCUT2D eigenvalue weighted by Crippen LogP contribution is 2.11. The van der Waals surface area contributed by atoms with Crippen molar-refractivity contribution in [1.29, 1.82) is 0 Å². The lowest BCUT2D eigenvalue weighted by atomic mass is 10.0. The lowest BCUT2D eigenvalue weighted by Crippen LogP contribution is -1.94. The molecule has 0 radical (unpaired) electrons. The quantitative estimate of drug-likeness (QED) is 0.741. The van der Waals surface area contributed by atoms with Crippen LogP contribution in [0, 0.1) is 5.92 Å². The van der Waals surface area contributed by atoms with Gasteiger partial charge in [0.15, 0.2) is 0 Å².